The average molecular weight is 553 g/mol. The maximum atomic E-state index is 13.5. The summed E-state index contributed by atoms with van der Waals surface area (Å²) < 4.78 is 26.6. The summed E-state index contributed by atoms with van der Waals surface area (Å²) in [5.41, 5.74) is 2.50. The first-order chi connectivity index (χ1) is 19.8. The lowest BCUT2D eigenvalue weighted by Gasteiger charge is -2.14. The number of ketones is 1. The number of pyridine rings is 2. The van der Waals surface area contributed by atoms with Crippen molar-refractivity contribution in [3.8, 4) is 28.6 Å². The van der Waals surface area contributed by atoms with Crippen molar-refractivity contribution in [2.75, 3.05) is 7.11 Å². The summed E-state index contributed by atoms with van der Waals surface area (Å²) >= 11 is 0. The zero-order valence-electron chi connectivity index (χ0n) is 23.2. The number of ether oxygens (including phenoxy) is 2. The summed E-state index contributed by atoms with van der Waals surface area (Å²) in [4.78, 5) is 35.4. The van der Waals surface area contributed by atoms with Crippen LogP contribution in [0.15, 0.2) is 78.0 Å². The van der Waals surface area contributed by atoms with Gasteiger partial charge in [0.2, 0.25) is 11.3 Å². The van der Waals surface area contributed by atoms with E-state index in [1.165, 1.54) is 30.5 Å². The number of aromatic nitrogens is 4. The third kappa shape index (κ3) is 5.84. The van der Waals surface area contributed by atoms with Crippen LogP contribution in [0.1, 0.15) is 48.3 Å². The molecule has 0 saturated carbocycles. The second kappa shape index (κ2) is 11.7. The van der Waals surface area contributed by atoms with Crippen LogP contribution in [0.4, 0.5) is 4.39 Å². The van der Waals surface area contributed by atoms with Gasteiger partial charge < -0.3 is 9.47 Å². The average Bonchev–Trinajstić information content (AvgIpc) is 2.98. The summed E-state index contributed by atoms with van der Waals surface area (Å²) in [7, 11) is 1.63. The third-order valence-corrected chi connectivity index (χ3v) is 6.75. The second-order valence-electron chi connectivity index (χ2n) is 9.85. The molecule has 0 fully saturated rings. The number of fused-ring (bicyclic) bond motifs is 1. The minimum atomic E-state index is -0.502. The number of Topliss-reactive ketones (excluding diaryl/α,β-unsaturated/α-hetero) is 1. The Morgan fingerprint density at radius 1 is 1.02 bits per heavy atom. The lowest BCUT2D eigenvalue weighted by Crippen LogP contribution is -2.24. The number of aryl methyl sites for hydroxylation is 1. The number of carbonyl (C=O) groups is 1. The molecule has 3 heterocycles. The van der Waals surface area contributed by atoms with Gasteiger partial charge in [0, 0.05) is 48.1 Å². The van der Waals surface area contributed by atoms with Gasteiger partial charge in [-0.15, -0.1) is 0 Å². The molecule has 8 nitrogen and oxygen atoms in total. The minimum absolute atomic E-state index is 0.0111. The molecule has 0 aliphatic heterocycles. The highest BCUT2D eigenvalue weighted by Gasteiger charge is 2.19. The van der Waals surface area contributed by atoms with E-state index in [-0.39, 0.29) is 29.5 Å². The normalized spacial score (nSPS) is 11.2. The van der Waals surface area contributed by atoms with Crippen LogP contribution >= 0.6 is 0 Å². The van der Waals surface area contributed by atoms with Gasteiger partial charge in [0.05, 0.1) is 18.2 Å². The van der Waals surface area contributed by atoms with E-state index < -0.39 is 11.2 Å². The van der Waals surface area contributed by atoms with Crippen LogP contribution in [-0.2, 0) is 12.8 Å². The number of halogens is 1. The summed E-state index contributed by atoms with van der Waals surface area (Å²) in [6.07, 6.45) is 5.47. The van der Waals surface area contributed by atoms with Crippen molar-refractivity contribution in [3.05, 3.63) is 106 Å². The second-order valence-corrected chi connectivity index (χ2v) is 9.85. The Balaban J connectivity index is 1.39. The van der Waals surface area contributed by atoms with Gasteiger partial charge in [-0.05, 0) is 73.9 Å². The minimum Gasteiger partial charge on any atom is -0.496 e. The Kier molecular flexibility index (Phi) is 7.87. The fraction of sp³-hybridized carbons (Fsp3) is 0.219. The van der Waals surface area contributed by atoms with Crippen LogP contribution in [0.2, 0.25) is 0 Å². The number of rotatable bonds is 9. The highest BCUT2D eigenvalue weighted by atomic mass is 19.1. The first-order valence-corrected chi connectivity index (χ1v) is 13.3. The molecule has 41 heavy (non-hydrogen) atoms. The lowest BCUT2D eigenvalue weighted by molar-refractivity contribution is 0.0990. The SMILES string of the molecule is CCc1cc2nccc(Oc3ccc(CC(=O)c4cn(C(C)C)nc(-c5ccc(F)cc5)c4=O)cn3)c2cc1OC. The Morgan fingerprint density at radius 3 is 2.46 bits per heavy atom. The molecule has 5 rings (SSSR count). The summed E-state index contributed by atoms with van der Waals surface area (Å²) in [5.74, 6) is 0.885. The summed E-state index contributed by atoms with van der Waals surface area (Å²) in [6, 6.07) is 14.4. The molecule has 5 aromatic rings. The van der Waals surface area contributed by atoms with Gasteiger partial charge in [-0.1, -0.05) is 13.0 Å². The molecule has 0 saturated heterocycles. The first kappa shape index (κ1) is 27.6. The Bertz CT molecular complexity index is 1780. The van der Waals surface area contributed by atoms with Crippen LogP contribution in [0.25, 0.3) is 22.2 Å². The molecule has 2 aromatic carbocycles. The van der Waals surface area contributed by atoms with Crippen molar-refractivity contribution in [2.45, 2.75) is 39.7 Å². The summed E-state index contributed by atoms with van der Waals surface area (Å²) in [5, 5.41) is 5.19. The largest absolute Gasteiger partial charge is 0.496 e. The molecule has 0 unspecified atom stereocenters. The van der Waals surface area contributed by atoms with Gasteiger partial charge in [0.15, 0.2) is 5.78 Å². The van der Waals surface area contributed by atoms with E-state index in [0.717, 1.165) is 28.6 Å². The van der Waals surface area contributed by atoms with Crippen molar-refractivity contribution in [3.63, 3.8) is 0 Å². The van der Waals surface area contributed by atoms with Gasteiger partial charge in [-0.2, -0.15) is 5.10 Å². The maximum Gasteiger partial charge on any atom is 0.219 e. The number of benzene rings is 2. The maximum absolute atomic E-state index is 13.5. The highest BCUT2D eigenvalue weighted by Crippen LogP contribution is 2.33. The monoisotopic (exact) mass is 552 g/mol. The van der Waals surface area contributed by atoms with Crippen LogP contribution in [0.5, 0.6) is 17.4 Å². The van der Waals surface area contributed by atoms with Gasteiger partial charge >= 0.3 is 0 Å². The smallest absolute Gasteiger partial charge is 0.219 e. The van der Waals surface area contributed by atoms with E-state index in [1.807, 2.05) is 26.0 Å². The third-order valence-electron chi connectivity index (χ3n) is 6.75. The van der Waals surface area contributed by atoms with Gasteiger partial charge in [0.1, 0.15) is 23.0 Å². The zero-order chi connectivity index (χ0) is 29.1. The van der Waals surface area contributed by atoms with Crippen molar-refractivity contribution >= 4 is 16.7 Å². The molecule has 0 radical (unpaired) electrons. The van der Waals surface area contributed by atoms with Crippen LogP contribution in [0.3, 0.4) is 0 Å². The van der Waals surface area contributed by atoms with Crippen LogP contribution in [-0.4, -0.2) is 32.6 Å². The van der Waals surface area contributed by atoms with Crippen molar-refractivity contribution in [2.24, 2.45) is 0 Å². The Labute approximate surface area is 236 Å². The number of carbonyl (C=O) groups excluding carboxylic acids is 1. The fourth-order valence-electron chi connectivity index (χ4n) is 4.48. The van der Waals surface area contributed by atoms with Gasteiger partial charge in [-0.25, -0.2) is 9.37 Å². The topological polar surface area (TPSA) is 96.2 Å². The number of nitrogens with zero attached hydrogens (tertiary/aromatic N) is 4. The predicted molar refractivity (Wildman–Crippen MR) is 154 cm³/mol. The van der Waals surface area contributed by atoms with Gasteiger partial charge in [0.25, 0.3) is 0 Å². The van der Waals surface area contributed by atoms with Crippen molar-refractivity contribution in [1.29, 1.82) is 0 Å². The van der Waals surface area contributed by atoms with E-state index in [4.69, 9.17) is 9.47 Å². The molecular weight excluding hydrogens is 523 g/mol. The number of hydrogen-bond acceptors (Lipinski definition) is 7. The molecule has 0 aliphatic carbocycles. The van der Waals surface area contributed by atoms with E-state index >= 15 is 0 Å². The zero-order valence-corrected chi connectivity index (χ0v) is 23.2. The molecule has 0 spiro atoms. The summed E-state index contributed by atoms with van der Waals surface area (Å²) in [6.45, 7) is 5.85. The Morgan fingerprint density at radius 2 is 1.80 bits per heavy atom. The van der Waals surface area contributed by atoms with Crippen molar-refractivity contribution < 1.29 is 18.7 Å². The van der Waals surface area contributed by atoms with Crippen LogP contribution < -0.4 is 14.9 Å². The predicted octanol–water partition coefficient (Wildman–Crippen LogP) is 6.36. The molecule has 3 aromatic heterocycles. The van der Waals surface area contributed by atoms with E-state index in [0.29, 0.717) is 22.8 Å². The lowest BCUT2D eigenvalue weighted by atomic mass is 10.0. The molecule has 9 heteroatoms. The first-order valence-electron chi connectivity index (χ1n) is 13.3. The standard InChI is InChI=1S/C32H29FN4O4/c1-5-21-15-26-24(16-29(21)40-4)28(12-13-34-26)41-30-11-6-20(17-35-30)14-27(38)25-18-37(19(2)3)36-31(32(25)39)22-7-9-23(33)10-8-22/h6-13,15-19H,5,14H2,1-4H3. The molecule has 0 aliphatic rings. The van der Waals surface area contributed by atoms with Crippen LogP contribution in [0, 0.1) is 5.82 Å². The molecule has 0 bridgehead atoms. The quantitative estimate of drug-likeness (QED) is 0.196. The van der Waals surface area contributed by atoms with E-state index in [2.05, 4.69) is 22.0 Å². The molecular formula is C32H29FN4O4. The molecule has 0 N–H and O–H groups in total. The van der Waals surface area contributed by atoms with Gasteiger partial charge in [-0.3, -0.25) is 19.3 Å². The van der Waals surface area contributed by atoms with E-state index in [1.54, 1.807) is 42.4 Å². The number of methoxy groups -OCH3 is 1. The number of hydrogen-bond donors (Lipinski definition) is 0. The highest BCUT2D eigenvalue weighted by molar-refractivity contribution is 5.98. The van der Waals surface area contributed by atoms with E-state index in [9.17, 15) is 14.0 Å². The molecule has 0 atom stereocenters. The Hall–Kier alpha value is -4.92. The van der Waals surface area contributed by atoms with Crippen molar-refractivity contribution in [1.82, 2.24) is 19.7 Å². The molecule has 0 amide bonds. The fourth-order valence-corrected chi connectivity index (χ4v) is 4.48. The molecule has 208 valence electrons.